The largest absolute Gasteiger partial charge is 0.478 e. The van der Waals surface area contributed by atoms with Crippen molar-refractivity contribution in [3.8, 4) is 0 Å². The van der Waals surface area contributed by atoms with Crippen molar-refractivity contribution in [3.63, 3.8) is 0 Å². The van der Waals surface area contributed by atoms with E-state index in [1.807, 2.05) is 0 Å². The van der Waals surface area contributed by atoms with Crippen LogP contribution < -0.4 is 5.32 Å². The lowest BCUT2D eigenvalue weighted by Crippen LogP contribution is -2.15. The van der Waals surface area contributed by atoms with Crippen LogP contribution in [0.4, 0.5) is 5.69 Å². The second-order valence-electron chi connectivity index (χ2n) is 4.16. The zero-order valence-corrected chi connectivity index (χ0v) is 10.5. The number of aryl methyl sites for hydroxylation is 2. The van der Waals surface area contributed by atoms with E-state index in [-0.39, 0.29) is 11.5 Å². The third-order valence-corrected chi connectivity index (χ3v) is 2.71. The molecule has 0 aliphatic rings. The smallest absolute Gasteiger partial charge is 0.337 e. The number of para-hydroxylation sites is 1. The Morgan fingerprint density at radius 2 is 2.11 bits per heavy atom. The minimum Gasteiger partial charge on any atom is -0.478 e. The summed E-state index contributed by atoms with van der Waals surface area (Å²) < 4.78 is 1.50. The highest BCUT2D eigenvalue weighted by atomic mass is 16.4. The fraction of sp³-hybridized carbons (Fsp3) is 0.154. The number of amides is 1. The Kier molecular flexibility index (Phi) is 3.33. The van der Waals surface area contributed by atoms with E-state index < -0.39 is 5.97 Å². The first-order valence-electron chi connectivity index (χ1n) is 5.62. The van der Waals surface area contributed by atoms with Crippen molar-refractivity contribution in [2.24, 2.45) is 7.05 Å². The predicted octanol–water partition coefficient (Wildman–Crippen LogP) is 1.68. The summed E-state index contributed by atoms with van der Waals surface area (Å²) in [6.45, 7) is 1.74. The van der Waals surface area contributed by atoms with E-state index in [1.54, 1.807) is 32.3 Å². The van der Waals surface area contributed by atoms with Crippen molar-refractivity contribution in [1.29, 1.82) is 0 Å². The van der Waals surface area contributed by atoms with Crippen molar-refractivity contribution < 1.29 is 14.7 Å². The first-order chi connectivity index (χ1) is 8.99. The number of carboxylic acids is 1. The Morgan fingerprint density at radius 3 is 2.68 bits per heavy atom. The van der Waals surface area contributed by atoms with Crippen molar-refractivity contribution >= 4 is 17.6 Å². The Balaban J connectivity index is 2.33. The molecule has 0 saturated carbocycles. The number of nitrogens with zero attached hydrogens (tertiary/aromatic N) is 2. The summed E-state index contributed by atoms with van der Waals surface area (Å²) in [5.74, 6) is -1.46. The third kappa shape index (κ3) is 2.62. The van der Waals surface area contributed by atoms with Crippen LogP contribution >= 0.6 is 0 Å². The molecular formula is C13H13N3O3. The first kappa shape index (κ1) is 12.8. The average Bonchev–Trinajstić information content (AvgIpc) is 2.78. The lowest BCUT2D eigenvalue weighted by Gasteiger charge is -2.10. The van der Waals surface area contributed by atoms with Gasteiger partial charge in [0.1, 0.15) is 0 Å². The van der Waals surface area contributed by atoms with Gasteiger partial charge in [0, 0.05) is 13.2 Å². The second-order valence-corrected chi connectivity index (χ2v) is 4.16. The third-order valence-electron chi connectivity index (χ3n) is 2.71. The number of aromatic nitrogens is 2. The zero-order valence-electron chi connectivity index (χ0n) is 10.5. The van der Waals surface area contributed by atoms with Gasteiger partial charge in [-0.05, 0) is 18.6 Å². The number of rotatable bonds is 3. The SMILES string of the molecule is Cc1cccc(C(=O)O)c1NC(=O)c1cnn(C)c1. The topological polar surface area (TPSA) is 84.2 Å². The van der Waals surface area contributed by atoms with Gasteiger partial charge in [0.2, 0.25) is 0 Å². The number of nitrogens with one attached hydrogen (secondary N) is 1. The molecule has 1 aromatic carbocycles. The number of carbonyl (C=O) groups excluding carboxylic acids is 1. The number of hydrogen-bond acceptors (Lipinski definition) is 3. The van der Waals surface area contributed by atoms with Gasteiger partial charge in [0.05, 0.1) is 23.0 Å². The van der Waals surface area contributed by atoms with Gasteiger partial charge in [-0.3, -0.25) is 9.48 Å². The van der Waals surface area contributed by atoms with Gasteiger partial charge in [-0.1, -0.05) is 12.1 Å². The summed E-state index contributed by atoms with van der Waals surface area (Å²) in [5.41, 5.74) is 1.44. The van der Waals surface area contributed by atoms with Crippen molar-refractivity contribution in [2.45, 2.75) is 6.92 Å². The number of benzene rings is 1. The summed E-state index contributed by atoms with van der Waals surface area (Å²) >= 11 is 0. The molecule has 0 unspecified atom stereocenters. The fourth-order valence-electron chi connectivity index (χ4n) is 1.74. The molecule has 0 bridgehead atoms. The van der Waals surface area contributed by atoms with Crippen molar-refractivity contribution in [2.75, 3.05) is 5.32 Å². The van der Waals surface area contributed by atoms with Crippen LogP contribution in [-0.4, -0.2) is 26.8 Å². The normalized spacial score (nSPS) is 10.2. The molecule has 0 atom stereocenters. The highest BCUT2D eigenvalue weighted by Gasteiger charge is 2.16. The maximum Gasteiger partial charge on any atom is 0.337 e. The molecule has 0 fully saturated rings. The van der Waals surface area contributed by atoms with E-state index >= 15 is 0 Å². The Bertz CT molecular complexity index is 646. The van der Waals surface area contributed by atoms with Crippen LogP contribution in [0.3, 0.4) is 0 Å². The van der Waals surface area contributed by atoms with E-state index in [0.29, 0.717) is 16.8 Å². The number of aromatic carboxylic acids is 1. The highest BCUT2D eigenvalue weighted by molar-refractivity contribution is 6.08. The highest BCUT2D eigenvalue weighted by Crippen LogP contribution is 2.21. The second kappa shape index (κ2) is 4.93. The number of hydrogen-bond donors (Lipinski definition) is 2. The molecule has 19 heavy (non-hydrogen) atoms. The molecule has 1 heterocycles. The maximum atomic E-state index is 12.0. The van der Waals surface area contributed by atoms with Crippen LogP contribution in [0.5, 0.6) is 0 Å². The summed E-state index contributed by atoms with van der Waals surface area (Å²) in [6.07, 6.45) is 2.99. The number of carbonyl (C=O) groups is 2. The molecule has 2 aromatic rings. The van der Waals surface area contributed by atoms with Crippen molar-refractivity contribution in [3.05, 3.63) is 47.3 Å². The van der Waals surface area contributed by atoms with Gasteiger partial charge < -0.3 is 10.4 Å². The zero-order chi connectivity index (χ0) is 14.0. The molecule has 2 rings (SSSR count). The quantitative estimate of drug-likeness (QED) is 0.878. The lowest BCUT2D eigenvalue weighted by molar-refractivity contribution is 0.0698. The minimum atomic E-state index is -1.08. The standard InChI is InChI=1S/C13H13N3O3/c1-8-4-3-5-10(13(18)19)11(8)15-12(17)9-6-14-16(2)7-9/h3-7H,1-2H3,(H,15,17)(H,18,19). The van der Waals surface area contributed by atoms with Crippen LogP contribution in [0, 0.1) is 6.92 Å². The van der Waals surface area contributed by atoms with Crippen LogP contribution in [-0.2, 0) is 7.05 Å². The van der Waals surface area contributed by atoms with Crippen LogP contribution in [0.2, 0.25) is 0 Å². The monoisotopic (exact) mass is 259 g/mol. The van der Waals surface area contributed by atoms with Gasteiger partial charge in [-0.2, -0.15) is 5.10 Å². The van der Waals surface area contributed by atoms with Crippen LogP contribution in [0.25, 0.3) is 0 Å². The molecule has 1 amide bonds. The average molecular weight is 259 g/mol. The van der Waals surface area contributed by atoms with E-state index in [4.69, 9.17) is 5.11 Å². The Morgan fingerprint density at radius 1 is 1.37 bits per heavy atom. The predicted molar refractivity (Wildman–Crippen MR) is 69.3 cm³/mol. The van der Waals surface area contributed by atoms with Gasteiger partial charge in [-0.25, -0.2) is 4.79 Å². The molecule has 2 N–H and O–H groups in total. The first-order valence-corrected chi connectivity index (χ1v) is 5.62. The number of anilines is 1. The van der Waals surface area contributed by atoms with Gasteiger partial charge in [-0.15, -0.1) is 0 Å². The van der Waals surface area contributed by atoms with E-state index in [0.717, 1.165) is 0 Å². The Labute approximate surface area is 109 Å². The van der Waals surface area contributed by atoms with E-state index in [2.05, 4.69) is 10.4 Å². The molecule has 0 aliphatic heterocycles. The molecule has 98 valence electrons. The van der Waals surface area contributed by atoms with Gasteiger partial charge in [0.25, 0.3) is 5.91 Å². The summed E-state index contributed by atoms with van der Waals surface area (Å²) in [5, 5.41) is 15.6. The minimum absolute atomic E-state index is 0.0669. The molecule has 0 spiro atoms. The molecule has 6 heteroatoms. The Hall–Kier alpha value is -2.63. The van der Waals surface area contributed by atoms with E-state index in [9.17, 15) is 9.59 Å². The van der Waals surface area contributed by atoms with Crippen LogP contribution in [0.1, 0.15) is 26.3 Å². The van der Waals surface area contributed by atoms with Crippen LogP contribution in [0.15, 0.2) is 30.6 Å². The summed E-state index contributed by atoms with van der Waals surface area (Å²) in [4.78, 5) is 23.1. The maximum absolute atomic E-state index is 12.0. The molecular weight excluding hydrogens is 246 g/mol. The molecule has 0 radical (unpaired) electrons. The molecule has 1 aromatic heterocycles. The fourth-order valence-corrected chi connectivity index (χ4v) is 1.74. The summed E-state index contributed by atoms with van der Waals surface area (Å²) in [6, 6.07) is 4.83. The van der Waals surface area contributed by atoms with Gasteiger partial charge in [0.15, 0.2) is 0 Å². The molecule has 0 saturated heterocycles. The van der Waals surface area contributed by atoms with Gasteiger partial charge >= 0.3 is 5.97 Å². The molecule has 0 aliphatic carbocycles. The lowest BCUT2D eigenvalue weighted by atomic mass is 10.1. The van der Waals surface area contributed by atoms with E-state index in [1.165, 1.54) is 16.9 Å². The molecule has 6 nitrogen and oxygen atoms in total. The van der Waals surface area contributed by atoms with Crippen molar-refractivity contribution in [1.82, 2.24) is 9.78 Å². The summed E-state index contributed by atoms with van der Waals surface area (Å²) in [7, 11) is 1.70. The number of carboxylic acid groups (broad SMARTS) is 1.